The lowest BCUT2D eigenvalue weighted by Gasteiger charge is -2.28. The molecule has 3 heteroatoms. The van der Waals surface area contributed by atoms with Gasteiger partial charge in [0.25, 0.3) is 0 Å². The van der Waals surface area contributed by atoms with Crippen LogP contribution < -0.4 is 4.90 Å². The summed E-state index contributed by atoms with van der Waals surface area (Å²) in [5.74, 6) is 0. The minimum Gasteiger partial charge on any atom is -0.456 e. The van der Waals surface area contributed by atoms with Gasteiger partial charge >= 0.3 is 0 Å². The average Bonchev–Trinajstić information content (AvgIpc) is 3.93. The number of furan rings is 1. The molecule has 0 radical (unpaired) electrons. The highest BCUT2D eigenvalue weighted by Gasteiger charge is 2.19. The van der Waals surface area contributed by atoms with E-state index in [1.807, 2.05) is 12.1 Å². The summed E-state index contributed by atoms with van der Waals surface area (Å²) in [6.07, 6.45) is 0. The average molecular weight is 829 g/mol. The first-order valence-corrected chi connectivity index (χ1v) is 22.2. The third-order valence-corrected chi connectivity index (χ3v) is 13.2. The van der Waals surface area contributed by atoms with Crippen molar-refractivity contribution in [2.75, 3.05) is 4.90 Å². The van der Waals surface area contributed by atoms with Crippen LogP contribution in [0.5, 0.6) is 0 Å². The Labute approximate surface area is 376 Å². The van der Waals surface area contributed by atoms with Gasteiger partial charge in [-0.3, -0.25) is 0 Å². The van der Waals surface area contributed by atoms with Gasteiger partial charge in [-0.2, -0.15) is 0 Å². The van der Waals surface area contributed by atoms with E-state index in [-0.39, 0.29) is 0 Å². The fraction of sp³-hybridized carbons (Fsp3) is 0. The number of anilines is 3. The molecule has 0 N–H and O–H groups in total. The lowest BCUT2D eigenvalue weighted by molar-refractivity contribution is 0.669. The summed E-state index contributed by atoms with van der Waals surface area (Å²) in [5.41, 5.74) is 15.7. The summed E-state index contributed by atoms with van der Waals surface area (Å²) in [5, 5.41) is 9.71. The summed E-state index contributed by atoms with van der Waals surface area (Å²) >= 11 is 0. The summed E-state index contributed by atoms with van der Waals surface area (Å²) in [6.45, 7) is 0. The van der Waals surface area contributed by atoms with Crippen molar-refractivity contribution in [3.8, 4) is 39.1 Å². The normalized spacial score (nSPS) is 11.7. The number of hydrogen-bond donors (Lipinski definition) is 0. The van der Waals surface area contributed by atoms with Gasteiger partial charge in [0, 0.05) is 44.0 Å². The second-order valence-electron chi connectivity index (χ2n) is 16.9. The summed E-state index contributed by atoms with van der Waals surface area (Å²) in [7, 11) is 0. The molecule has 2 heterocycles. The van der Waals surface area contributed by atoms with E-state index in [9.17, 15) is 0 Å². The van der Waals surface area contributed by atoms with Crippen molar-refractivity contribution >= 4 is 82.4 Å². The summed E-state index contributed by atoms with van der Waals surface area (Å²) in [6, 6.07) is 87.7. The summed E-state index contributed by atoms with van der Waals surface area (Å²) < 4.78 is 8.63. The van der Waals surface area contributed by atoms with Gasteiger partial charge in [-0.1, -0.05) is 176 Å². The zero-order valence-corrected chi connectivity index (χ0v) is 35.4. The number of para-hydroxylation sites is 3. The molecule has 0 aliphatic heterocycles. The highest BCUT2D eigenvalue weighted by Crippen LogP contribution is 2.44. The maximum absolute atomic E-state index is 6.26. The fourth-order valence-electron chi connectivity index (χ4n) is 10.1. The molecule has 0 fully saturated rings. The molecule has 3 nitrogen and oxygen atoms in total. The van der Waals surface area contributed by atoms with Gasteiger partial charge in [0.1, 0.15) is 11.2 Å². The van der Waals surface area contributed by atoms with Gasteiger partial charge in [0.2, 0.25) is 0 Å². The van der Waals surface area contributed by atoms with Crippen LogP contribution in [0.15, 0.2) is 247 Å². The van der Waals surface area contributed by atoms with E-state index in [4.69, 9.17) is 4.42 Å². The Bertz CT molecular complexity index is 3860. The molecular weight excluding hydrogens is 789 g/mol. The minimum atomic E-state index is 0.900. The number of nitrogens with zero attached hydrogens (tertiary/aromatic N) is 2. The molecular formula is C62H40N2O. The molecule has 2 aromatic heterocycles. The van der Waals surface area contributed by atoms with E-state index in [0.29, 0.717) is 0 Å². The lowest BCUT2D eigenvalue weighted by atomic mass is 9.97. The summed E-state index contributed by atoms with van der Waals surface area (Å²) in [4.78, 5) is 2.41. The topological polar surface area (TPSA) is 21.3 Å². The van der Waals surface area contributed by atoms with E-state index in [0.717, 1.165) is 55.8 Å². The van der Waals surface area contributed by atoms with E-state index < -0.39 is 0 Å². The van der Waals surface area contributed by atoms with Crippen molar-refractivity contribution in [3.05, 3.63) is 243 Å². The Morgan fingerprint density at radius 3 is 1.45 bits per heavy atom. The number of rotatable bonds is 7. The maximum Gasteiger partial charge on any atom is 0.136 e. The molecule has 0 spiro atoms. The first-order chi connectivity index (χ1) is 32.2. The number of fused-ring (bicyclic) bond motifs is 9. The predicted molar refractivity (Wildman–Crippen MR) is 274 cm³/mol. The van der Waals surface area contributed by atoms with Crippen LogP contribution in [0.3, 0.4) is 0 Å². The SMILES string of the molecule is c1ccc2c(c1)ccc1cccc(N(c3ccc(-c4ccc(-c5ccc(-n6c7ccccc7c7ccccc76)cc5)cc4)cc3)c3ccc(-c4cccc5oc6ccccc6c45)cc3)c12. The molecule has 0 bridgehead atoms. The van der Waals surface area contributed by atoms with Crippen molar-refractivity contribution in [1.82, 2.24) is 4.57 Å². The van der Waals surface area contributed by atoms with Crippen LogP contribution in [0, 0.1) is 0 Å². The fourth-order valence-corrected chi connectivity index (χ4v) is 10.1. The van der Waals surface area contributed by atoms with E-state index >= 15 is 0 Å². The smallest absolute Gasteiger partial charge is 0.136 e. The molecule has 0 unspecified atom stereocenters. The van der Waals surface area contributed by atoms with E-state index in [1.54, 1.807) is 0 Å². The predicted octanol–water partition coefficient (Wildman–Crippen LogP) is 17.5. The first-order valence-electron chi connectivity index (χ1n) is 22.2. The zero-order valence-electron chi connectivity index (χ0n) is 35.4. The monoisotopic (exact) mass is 828 g/mol. The molecule has 11 aromatic carbocycles. The molecule has 13 rings (SSSR count). The Balaban J connectivity index is 0.852. The molecule has 0 saturated carbocycles. The standard InChI is InChI=1S/C62H40N2O/c1-2-13-51-45(11-1)27-28-47-12-9-20-58(61(47)51)63(49-39-33-46(34-40-49)52-17-10-22-60-62(52)55-16-5-8-21-59(55)65-60)48-35-29-43(30-36-48)41-23-25-42(26-24-41)44-31-37-50(38-32-44)64-56-18-6-3-14-53(56)54-15-4-7-19-57(54)64/h1-40H. The molecule has 13 aromatic rings. The second-order valence-corrected chi connectivity index (χ2v) is 16.9. The van der Waals surface area contributed by atoms with Gasteiger partial charge in [-0.15, -0.1) is 0 Å². The van der Waals surface area contributed by atoms with Crippen LogP contribution in [0.2, 0.25) is 0 Å². The van der Waals surface area contributed by atoms with Gasteiger partial charge in [0.05, 0.1) is 16.7 Å². The molecule has 0 atom stereocenters. The first kappa shape index (κ1) is 36.9. The van der Waals surface area contributed by atoms with Crippen LogP contribution in [0.25, 0.3) is 104 Å². The minimum absolute atomic E-state index is 0.900. The molecule has 0 amide bonds. The van der Waals surface area contributed by atoms with E-state index in [2.05, 4.69) is 240 Å². The molecule has 0 aliphatic carbocycles. The van der Waals surface area contributed by atoms with Crippen molar-refractivity contribution in [2.24, 2.45) is 0 Å². The van der Waals surface area contributed by atoms with Crippen molar-refractivity contribution in [1.29, 1.82) is 0 Å². The van der Waals surface area contributed by atoms with Crippen LogP contribution >= 0.6 is 0 Å². The zero-order chi connectivity index (χ0) is 42.8. The number of benzene rings is 11. The van der Waals surface area contributed by atoms with Gasteiger partial charge in [-0.05, 0) is 116 Å². The van der Waals surface area contributed by atoms with Crippen molar-refractivity contribution in [3.63, 3.8) is 0 Å². The molecule has 0 aliphatic rings. The van der Waals surface area contributed by atoms with Crippen LogP contribution in [-0.2, 0) is 0 Å². The van der Waals surface area contributed by atoms with Crippen LogP contribution in [0.4, 0.5) is 17.1 Å². The van der Waals surface area contributed by atoms with Gasteiger partial charge < -0.3 is 13.9 Å². The molecule has 0 saturated heterocycles. The molecule has 65 heavy (non-hydrogen) atoms. The molecule has 304 valence electrons. The Hall–Kier alpha value is -8.66. The van der Waals surface area contributed by atoms with E-state index in [1.165, 1.54) is 65.6 Å². The Morgan fingerprint density at radius 2 is 0.785 bits per heavy atom. The highest BCUT2D eigenvalue weighted by molar-refractivity contribution is 6.16. The highest BCUT2D eigenvalue weighted by atomic mass is 16.3. The largest absolute Gasteiger partial charge is 0.456 e. The number of aromatic nitrogens is 1. The van der Waals surface area contributed by atoms with Crippen molar-refractivity contribution in [2.45, 2.75) is 0 Å². The number of hydrogen-bond acceptors (Lipinski definition) is 2. The van der Waals surface area contributed by atoms with Crippen LogP contribution in [0.1, 0.15) is 0 Å². The quantitative estimate of drug-likeness (QED) is 0.149. The lowest BCUT2D eigenvalue weighted by Crippen LogP contribution is -2.10. The second kappa shape index (κ2) is 15.0. The Morgan fingerprint density at radius 1 is 0.308 bits per heavy atom. The van der Waals surface area contributed by atoms with Gasteiger partial charge in [0.15, 0.2) is 0 Å². The van der Waals surface area contributed by atoms with Crippen molar-refractivity contribution < 1.29 is 4.42 Å². The van der Waals surface area contributed by atoms with Crippen LogP contribution in [-0.4, -0.2) is 4.57 Å². The maximum atomic E-state index is 6.26. The third kappa shape index (κ3) is 6.12. The van der Waals surface area contributed by atoms with Gasteiger partial charge in [-0.25, -0.2) is 0 Å². The third-order valence-electron chi connectivity index (χ3n) is 13.2. The Kier molecular flexibility index (Phi) is 8.53.